The molecular formula is C16H28N2O2. The Kier molecular flexibility index (Phi) is 7.55. The van der Waals surface area contributed by atoms with Crippen LogP contribution >= 0.6 is 0 Å². The Labute approximate surface area is 122 Å². The predicted octanol–water partition coefficient (Wildman–Crippen LogP) is 2.39. The molecule has 4 nitrogen and oxygen atoms in total. The molecule has 0 fully saturated rings. The van der Waals surface area contributed by atoms with Crippen LogP contribution in [-0.4, -0.2) is 24.8 Å². The van der Waals surface area contributed by atoms with E-state index in [2.05, 4.69) is 18.3 Å². The van der Waals surface area contributed by atoms with E-state index in [-0.39, 0.29) is 5.56 Å². The average Bonchev–Trinajstić information content (AvgIpc) is 2.41. The SMILES string of the molecule is CCCCCn1c(C)cc(C)c(CNCCOC)c1=O. The molecule has 0 saturated carbocycles. The Morgan fingerprint density at radius 2 is 2.05 bits per heavy atom. The first kappa shape index (κ1) is 16.9. The fraction of sp³-hybridized carbons (Fsp3) is 0.688. The second-order valence-electron chi connectivity index (χ2n) is 5.28. The highest BCUT2D eigenvalue weighted by Gasteiger charge is 2.09. The van der Waals surface area contributed by atoms with Crippen molar-refractivity contribution in [1.82, 2.24) is 9.88 Å². The summed E-state index contributed by atoms with van der Waals surface area (Å²) >= 11 is 0. The summed E-state index contributed by atoms with van der Waals surface area (Å²) in [6.07, 6.45) is 3.41. The lowest BCUT2D eigenvalue weighted by Gasteiger charge is -2.15. The van der Waals surface area contributed by atoms with Crippen molar-refractivity contribution in [2.45, 2.75) is 53.1 Å². The number of nitrogens with zero attached hydrogens (tertiary/aromatic N) is 1. The lowest BCUT2D eigenvalue weighted by atomic mass is 10.1. The van der Waals surface area contributed by atoms with Crippen molar-refractivity contribution < 1.29 is 4.74 Å². The van der Waals surface area contributed by atoms with Crippen LogP contribution in [0, 0.1) is 13.8 Å². The quantitative estimate of drug-likeness (QED) is 0.706. The van der Waals surface area contributed by atoms with E-state index >= 15 is 0 Å². The van der Waals surface area contributed by atoms with Crippen molar-refractivity contribution in [2.24, 2.45) is 0 Å². The van der Waals surface area contributed by atoms with Gasteiger partial charge in [0.2, 0.25) is 0 Å². The van der Waals surface area contributed by atoms with Crippen LogP contribution in [0.1, 0.15) is 43.0 Å². The van der Waals surface area contributed by atoms with Crippen molar-refractivity contribution in [3.8, 4) is 0 Å². The molecule has 4 heteroatoms. The van der Waals surface area contributed by atoms with Gasteiger partial charge in [-0.3, -0.25) is 4.79 Å². The van der Waals surface area contributed by atoms with Crippen LogP contribution in [0.4, 0.5) is 0 Å². The molecule has 1 rings (SSSR count). The Balaban J connectivity index is 2.83. The van der Waals surface area contributed by atoms with Gasteiger partial charge in [-0.15, -0.1) is 0 Å². The zero-order valence-electron chi connectivity index (χ0n) is 13.3. The number of methoxy groups -OCH3 is 1. The van der Waals surface area contributed by atoms with Gasteiger partial charge in [0.1, 0.15) is 0 Å². The number of hydrogen-bond donors (Lipinski definition) is 1. The van der Waals surface area contributed by atoms with Crippen LogP contribution < -0.4 is 10.9 Å². The number of aromatic nitrogens is 1. The van der Waals surface area contributed by atoms with Gasteiger partial charge >= 0.3 is 0 Å². The summed E-state index contributed by atoms with van der Waals surface area (Å²) in [4.78, 5) is 12.6. The van der Waals surface area contributed by atoms with E-state index in [1.54, 1.807) is 7.11 Å². The van der Waals surface area contributed by atoms with Crippen molar-refractivity contribution in [2.75, 3.05) is 20.3 Å². The number of rotatable bonds is 9. The summed E-state index contributed by atoms with van der Waals surface area (Å²) in [5, 5.41) is 3.26. The molecule has 0 saturated heterocycles. The molecule has 0 aliphatic carbocycles. The second-order valence-corrected chi connectivity index (χ2v) is 5.28. The van der Waals surface area contributed by atoms with Crippen LogP contribution in [0.25, 0.3) is 0 Å². The third kappa shape index (κ3) is 4.76. The molecule has 1 heterocycles. The monoisotopic (exact) mass is 280 g/mol. The third-order valence-electron chi connectivity index (χ3n) is 3.60. The van der Waals surface area contributed by atoms with Crippen molar-refractivity contribution in [1.29, 1.82) is 0 Å². The Bertz CT molecular complexity index is 466. The molecular weight excluding hydrogens is 252 g/mol. The molecule has 1 N–H and O–H groups in total. The number of aryl methyl sites for hydroxylation is 2. The molecule has 20 heavy (non-hydrogen) atoms. The largest absolute Gasteiger partial charge is 0.383 e. The van der Waals surface area contributed by atoms with Gasteiger partial charge in [0.25, 0.3) is 5.56 Å². The maximum atomic E-state index is 12.6. The van der Waals surface area contributed by atoms with E-state index in [1.807, 2.05) is 18.4 Å². The Morgan fingerprint density at radius 3 is 2.70 bits per heavy atom. The van der Waals surface area contributed by atoms with E-state index in [1.165, 1.54) is 12.8 Å². The summed E-state index contributed by atoms with van der Waals surface area (Å²) in [7, 11) is 1.68. The van der Waals surface area contributed by atoms with Crippen molar-refractivity contribution in [3.63, 3.8) is 0 Å². The standard InChI is InChI=1S/C16H28N2O2/c1-5-6-7-9-18-14(3)11-13(2)15(16(18)19)12-17-8-10-20-4/h11,17H,5-10,12H2,1-4H3. The van der Waals surface area contributed by atoms with Crippen LogP contribution in [0.15, 0.2) is 10.9 Å². The second kappa shape index (κ2) is 8.93. The Morgan fingerprint density at radius 1 is 1.30 bits per heavy atom. The zero-order valence-corrected chi connectivity index (χ0v) is 13.3. The van der Waals surface area contributed by atoms with E-state index < -0.39 is 0 Å². The molecule has 0 bridgehead atoms. The minimum Gasteiger partial charge on any atom is -0.383 e. The zero-order chi connectivity index (χ0) is 15.0. The highest BCUT2D eigenvalue weighted by molar-refractivity contribution is 5.26. The van der Waals surface area contributed by atoms with E-state index in [0.29, 0.717) is 13.2 Å². The fourth-order valence-electron chi connectivity index (χ4n) is 2.37. The smallest absolute Gasteiger partial charge is 0.255 e. The Hall–Kier alpha value is -1.13. The van der Waals surface area contributed by atoms with Gasteiger partial charge in [0, 0.05) is 38.0 Å². The maximum Gasteiger partial charge on any atom is 0.255 e. The average molecular weight is 280 g/mol. The lowest BCUT2D eigenvalue weighted by molar-refractivity contribution is 0.199. The summed E-state index contributed by atoms with van der Waals surface area (Å²) in [5.74, 6) is 0. The molecule has 0 aliphatic heterocycles. The van der Waals surface area contributed by atoms with Crippen LogP contribution in [0.3, 0.4) is 0 Å². The molecule has 0 spiro atoms. The minimum atomic E-state index is 0.156. The van der Waals surface area contributed by atoms with Crippen molar-refractivity contribution >= 4 is 0 Å². The number of ether oxygens (including phenoxy) is 1. The summed E-state index contributed by atoms with van der Waals surface area (Å²) in [5.41, 5.74) is 3.17. The van der Waals surface area contributed by atoms with Gasteiger partial charge in [-0.05, 0) is 31.9 Å². The predicted molar refractivity (Wildman–Crippen MR) is 83.3 cm³/mol. The van der Waals surface area contributed by atoms with Crippen LogP contribution in [-0.2, 0) is 17.8 Å². The van der Waals surface area contributed by atoms with E-state index in [9.17, 15) is 4.79 Å². The molecule has 0 unspecified atom stereocenters. The fourth-order valence-corrected chi connectivity index (χ4v) is 2.37. The van der Waals surface area contributed by atoms with Gasteiger partial charge in [-0.25, -0.2) is 0 Å². The molecule has 0 aromatic carbocycles. The van der Waals surface area contributed by atoms with E-state index in [0.717, 1.165) is 36.3 Å². The lowest BCUT2D eigenvalue weighted by Crippen LogP contribution is -2.31. The summed E-state index contributed by atoms with van der Waals surface area (Å²) in [6, 6.07) is 2.11. The van der Waals surface area contributed by atoms with Gasteiger partial charge in [-0.1, -0.05) is 19.8 Å². The van der Waals surface area contributed by atoms with Gasteiger partial charge in [0.05, 0.1) is 6.61 Å². The van der Waals surface area contributed by atoms with Gasteiger partial charge in [0.15, 0.2) is 0 Å². The van der Waals surface area contributed by atoms with Gasteiger partial charge < -0.3 is 14.6 Å². The molecule has 0 radical (unpaired) electrons. The number of unbranched alkanes of at least 4 members (excludes halogenated alkanes) is 2. The molecule has 1 aromatic heterocycles. The topological polar surface area (TPSA) is 43.3 Å². The third-order valence-corrected chi connectivity index (χ3v) is 3.60. The highest BCUT2D eigenvalue weighted by Crippen LogP contribution is 2.08. The maximum absolute atomic E-state index is 12.6. The molecule has 1 aromatic rings. The van der Waals surface area contributed by atoms with Crippen molar-refractivity contribution in [3.05, 3.63) is 33.2 Å². The first-order valence-corrected chi connectivity index (χ1v) is 7.51. The number of hydrogen-bond acceptors (Lipinski definition) is 3. The minimum absolute atomic E-state index is 0.156. The highest BCUT2D eigenvalue weighted by atomic mass is 16.5. The molecule has 0 atom stereocenters. The number of pyridine rings is 1. The molecule has 114 valence electrons. The normalized spacial score (nSPS) is 11.0. The first-order chi connectivity index (χ1) is 9.61. The number of nitrogens with one attached hydrogen (secondary N) is 1. The van der Waals surface area contributed by atoms with E-state index in [4.69, 9.17) is 4.74 Å². The molecule has 0 aliphatic rings. The summed E-state index contributed by atoms with van der Waals surface area (Å²) in [6.45, 7) is 9.07. The van der Waals surface area contributed by atoms with Crippen LogP contribution in [0.2, 0.25) is 0 Å². The van der Waals surface area contributed by atoms with Gasteiger partial charge in [-0.2, -0.15) is 0 Å². The molecule has 0 amide bonds. The van der Waals surface area contributed by atoms with Crippen LogP contribution in [0.5, 0.6) is 0 Å². The summed E-state index contributed by atoms with van der Waals surface area (Å²) < 4.78 is 6.92. The first-order valence-electron chi connectivity index (χ1n) is 7.51.